The Hall–Kier alpha value is -0.900. The van der Waals surface area contributed by atoms with Crippen LogP contribution in [0, 0.1) is 5.92 Å². The van der Waals surface area contributed by atoms with Crippen LogP contribution in [0.3, 0.4) is 0 Å². The summed E-state index contributed by atoms with van der Waals surface area (Å²) in [6, 6.07) is 9.95. The minimum absolute atomic E-state index is 0.0133. The molecule has 3 heteroatoms. The quantitative estimate of drug-likeness (QED) is 0.918. The van der Waals surface area contributed by atoms with E-state index < -0.39 is 0 Å². The number of hydrogen-bond donors (Lipinski definition) is 1. The van der Waals surface area contributed by atoms with Crippen molar-refractivity contribution in [2.45, 2.75) is 43.8 Å². The van der Waals surface area contributed by atoms with E-state index in [9.17, 15) is 5.11 Å². The first-order valence-electron chi connectivity index (χ1n) is 7.72. The van der Waals surface area contributed by atoms with Crippen molar-refractivity contribution in [3.63, 3.8) is 0 Å². The molecule has 1 N–H and O–H groups in total. The lowest BCUT2D eigenvalue weighted by molar-refractivity contribution is -0.0999. The highest BCUT2D eigenvalue weighted by molar-refractivity contribution is 5.17. The second kappa shape index (κ2) is 6.25. The zero-order chi connectivity index (χ0) is 13.8. The molecule has 0 saturated carbocycles. The van der Waals surface area contributed by atoms with Crippen LogP contribution in [0.25, 0.3) is 0 Å². The summed E-state index contributed by atoms with van der Waals surface area (Å²) < 4.78 is 11.5. The zero-order valence-electron chi connectivity index (χ0n) is 12.0. The topological polar surface area (TPSA) is 38.7 Å². The first-order chi connectivity index (χ1) is 9.77. The van der Waals surface area contributed by atoms with Gasteiger partial charge in [-0.05, 0) is 37.2 Å². The molecule has 2 aliphatic heterocycles. The molecule has 3 atom stereocenters. The van der Waals surface area contributed by atoms with Crippen molar-refractivity contribution in [2.24, 2.45) is 5.92 Å². The van der Waals surface area contributed by atoms with Gasteiger partial charge in [-0.2, -0.15) is 0 Å². The lowest BCUT2D eigenvalue weighted by Gasteiger charge is -2.37. The smallest absolute Gasteiger partial charge is 0.0939 e. The van der Waals surface area contributed by atoms with E-state index in [4.69, 9.17) is 9.47 Å². The largest absolute Gasteiger partial charge is 0.388 e. The summed E-state index contributed by atoms with van der Waals surface area (Å²) in [5, 5.41) is 10.3. The van der Waals surface area contributed by atoms with Crippen LogP contribution in [0.1, 0.15) is 43.8 Å². The van der Waals surface area contributed by atoms with Crippen LogP contribution in [-0.2, 0) is 9.47 Å². The summed E-state index contributed by atoms with van der Waals surface area (Å²) in [7, 11) is 0. The van der Waals surface area contributed by atoms with Gasteiger partial charge in [-0.25, -0.2) is 0 Å². The number of benzene rings is 1. The third-order valence-corrected chi connectivity index (χ3v) is 4.69. The predicted octanol–water partition coefficient (Wildman–Crippen LogP) is 3.09. The van der Waals surface area contributed by atoms with E-state index >= 15 is 0 Å². The molecular formula is C17H24O3. The molecule has 1 spiro atoms. The standard InChI is InChI=1S/C17H24O3/c18-16(15-4-2-1-3-5-15)7-6-14-8-10-20-17(12-14)9-11-19-13-17/h1-5,14,16,18H,6-13H2. The number of hydrogen-bond acceptors (Lipinski definition) is 3. The molecule has 0 radical (unpaired) electrons. The fourth-order valence-corrected chi connectivity index (χ4v) is 3.47. The Labute approximate surface area is 120 Å². The van der Waals surface area contributed by atoms with Crippen molar-refractivity contribution < 1.29 is 14.6 Å². The van der Waals surface area contributed by atoms with Crippen molar-refractivity contribution >= 4 is 0 Å². The van der Waals surface area contributed by atoms with Crippen LogP contribution in [0.15, 0.2) is 30.3 Å². The number of rotatable bonds is 4. The first-order valence-corrected chi connectivity index (χ1v) is 7.72. The van der Waals surface area contributed by atoms with E-state index in [0.717, 1.165) is 57.5 Å². The molecule has 0 aliphatic carbocycles. The molecule has 0 aromatic heterocycles. The molecule has 1 aromatic carbocycles. The van der Waals surface area contributed by atoms with E-state index in [-0.39, 0.29) is 11.7 Å². The van der Waals surface area contributed by atoms with Crippen LogP contribution >= 0.6 is 0 Å². The Morgan fingerprint density at radius 1 is 1.25 bits per heavy atom. The van der Waals surface area contributed by atoms with Gasteiger partial charge in [-0.3, -0.25) is 0 Å². The second-order valence-corrected chi connectivity index (χ2v) is 6.20. The molecule has 3 rings (SSSR count). The van der Waals surface area contributed by atoms with E-state index in [2.05, 4.69) is 0 Å². The van der Waals surface area contributed by atoms with Crippen LogP contribution in [0.4, 0.5) is 0 Å². The maximum Gasteiger partial charge on any atom is 0.0939 e. The first kappa shape index (κ1) is 14.1. The summed E-state index contributed by atoms with van der Waals surface area (Å²) in [5.41, 5.74) is 1.01. The molecule has 110 valence electrons. The number of aliphatic hydroxyl groups is 1. The van der Waals surface area contributed by atoms with Crippen LogP contribution in [-0.4, -0.2) is 30.5 Å². The third-order valence-electron chi connectivity index (χ3n) is 4.69. The highest BCUT2D eigenvalue weighted by Gasteiger charge is 2.40. The lowest BCUT2D eigenvalue weighted by Crippen LogP contribution is -2.40. The molecule has 0 bridgehead atoms. The highest BCUT2D eigenvalue weighted by Crippen LogP contribution is 2.38. The Morgan fingerprint density at radius 3 is 2.85 bits per heavy atom. The normalized spacial score (nSPS) is 31.6. The van der Waals surface area contributed by atoms with Gasteiger partial charge in [0.15, 0.2) is 0 Å². The van der Waals surface area contributed by atoms with Gasteiger partial charge in [0.1, 0.15) is 0 Å². The van der Waals surface area contributed by atoms with Gasteiger partial charge in [-0.15, -0.1) is 0 Å². The van der Waals surface area contributed by atoms with Crippen LogP contribution < -0.4 is 0 Å². The molecule has 20 heavy (non-hydrogen) atoms. The van der Waals surface area contributed by atoms with Gasteiger partial charge in [-0.1, -0.05) is 30.3 Å². The van der Waals surface area contributed by atoms with Gasteiger partial charge in [0.2, 0.25) is 0 Å². The van der Waals surface area contributed by atoms with E-state index in [1.165, 1.54) is 0 Å². The summed E-state index contributed by atoms with van der Waals surface area (Å²) in [5.74, 6) is 0.656. The molecular weight excluding hydrogens is 252 g/mol. The molecule has 2 saturated heterocycles. The average Bonchev–Trinajstić information content (AvgIpc) is 2.93. The predicted molar refractivity (Wildman–Crippen MR) is 77.5 cm³/mol. The Balaban J connectivity index is 1.51. The van der Waals surface area contributed by atoms with E-state index in [1.54, 1.807) is 0 Å². The molecule has 2 heterocycles. The average molecular weight is 276 g/mol. The van der Waals surface area contributed by atoms with Crippen LogP contribution in [0.5, 0.6) is 0 Å². The molecule has 2 fully saturated rings. The Morgan fingerprint density at radius 2 is 2.10 bits per heavy atom. The summed E-state index contributed by atoms with van der Waals surface area (Å²) >= 11 is 0. The fraction of sp³-hybridized carbons (Fsp3) is 0.647. The molecule has 3 nitrogen and oxygen atoms in total. The van der Waals surface area contributed by atoms with Crippen molar-refractivity contribution in [2.75, 3.05) is 19.8 Å². The Bertz CT molecular complexity index is 412. The minimum Gasteiger partial charge on any atom is -0.388 e. The monoisotopic (exact) mass is 276 g/mol. The van der Waals surface area contributed by atoms with Gasteiger partial charge >= 0.3 is 0 Å². The number of aliphatic hydroxyl groups excluding tert-OH is 1. The van der Waals surface area contributed by atoms with Gasteiger partial charge in [0, 0.05) is 19.6 Å². The lowest BCUT2D eigenvalue weighted by atomic mass is 9.82. The van der Waals surface area contributed by atoms with Gasteiger partial charge in [0.05, 0.1) is 18.3 Å². The summed E-state index contributed by atoms with van der Waals surface area (Å²) in [6.07, 6.45) is 4.81. The molecule has 0 amide bonds. The van der Waals surface area contributed by atoms with Crippen LogP contribution in [0.2, 0.25) is 0 Å². The molecule has 2 aliphatic rings. The van der Waals surface area contributed by atoms with Crippen molar-refractivity contribution in [3.8, 4) is 0 Å². The summed E-state index contributed by atoms with van der Waals surface area (Å²) in [4.78, 5) is 0. The SMILES string of the molecule is OC(CCC1CCOC2(CCOC2)C1)c1ccccc1. The second-order valence-electron chi connectivity index (χ2n) is 6.20. The van der Waals surface area contributed by atoms with Crippen molar-refractivity contribution in [1.29, 1.82) is 0 Å². The van der Waals surface area contributed by atoms with E-state index in [1.807, 2.05) is 30.3 Å². The van der Waals surface area contributed by atoms with E-state index in [0.29, 0.717) is 5.92 Å². The van der Waals surface area contributed by atoms with Gasteiger partial charge in [0.25, 0.3) is 0 Å². The Kier molecular flexibility index (Phi) is 4.39. The maximum absolute atomic E-state index is 10.3. The van der Waals surface area contributed by atoms with Crippen molar-refractivity contribution in [1.82, 2.24) is 0 Å². The summed E-state index contributed by atoms with van der Waals surface area (Å²) in [6.45, 7) is 2.43. The highest BCUT2D eigenvalue weighted by atomic mass is 16.6. The third kappa shape index (κ3) is 3.22. The fourth-order valence-electron chi connectivity index (χ4n) is 3.47. The molecule has 1 aromatic rings. The minimum atomic E-state index is -0.338. The maximum atomic E-state index is 10.3. The zero-order valence-corrected chi connectivity index (χ0v) is 12.0. The van der Waals surface area contributed by atoms with Gasteiger partial charge < -0.3 is 14.6 Å². The number of ether oxygens (including phenoxy) is 2. The molecule has 3 unspecified atom stereocenters. The van der Waals surface area contributed by atoms with Crippen molar-refractivity contribution in [3.05, 3.63) is 35.9 Å².